The van der Waals surface area contributed by atoms with E-state index in [0.29, 0.717) is 11.9 Å². The van der Waals surface area contributed by atoms with Crippen LogP contribution in [0.1, 0.15) is 51.8 Å². The molecule has 1 atom stereocenters. The molecule has 1 amide bonds. The Bertz CT molecular complexity index is 1090. The number of likely N-dealkylation sites (tertiary alicyclic amines) is 1. The third kappa shape index (κ3) is 2.76. The molecule has 0 spiro atoms. The molecule has 1 fully saturated rings. The van der Waals surface area contributed by atoms with Crippen LogP contribution >= 0.6 is 0 Å². The quantitative estimate of drug-likeness (QED) is 0.698. The summed E-state index contributed by atoms with van der Waals surface area (Å²) in [5.41, 5.74) is 3.61. The largest absolute Gasteiger partial charge is 0.361 e. The van der Waals surface area contributed by atoms with E-state index >= 15 is 0 Å². The Morgan fingerprint density at radius 2 is 2.04 bits per heavy atom. The molecule has 0 aliphatic carbocycles. The number of fused-ring (bicyclic) bond motifs is 1. The van der Waals surface area contributed by atoms with Crippen LogP contribution in [0.3, 0.4) is 0 Å². The van der Waals surface area contributed by atoms with E-state index in [9.17, 15) is 9.59 Å². The van der Waals surface area contributed by atoms with Crippen molar-refractivity contribution in [1.29, 1.82) is 0 Å². The highest BCUT2D eigenvalue weighted by molar-refractivity contribution is 5.97. The average Bonchev–Trinajstić information content (AvgIpc) is 3.23. The number of benzene rings is 1. The molecule has 0 N–H and O–H groups in total. The van der Waals surface area contributed by atoms with Gasteiger partial charge in [-0.2, -0.15) is 0 Å². The maximum absolute atomic E-state index is 13.3. The van der Waals surface area contributed by atoms with Gasteiger partial charge in [0.05, 0.1) is 17.3 Å². The first kappa shape index (κ1) is 17.5. The van der Waals surface area contributed by atoms with Gasteiger partial charge in [-0.15, -0.1) is 0 Å². The molecular weight excluding hydrogens is 342 g/mol. The lowest BCUT2D eigenvalue weighted by atomic mass is 10.0. The molecule has 1 aliphatic heterocycles. The summed E-state index contributed by atoms with van der Waals surface area (Å²) in [5.74, 6) is 0.515. The van der Waals surface area contributed by atoms with Crippen LogP contribution in [0.2, 0.25) is 0 Å². The van der Waals surface area contributed by atoms with Crippen LogP contribution in [0.25, 0.3) is 10.9 Å². The number of hydrogen-bond acceptors (Lipinski definition) is 4. The smallest absolute Gasteiger partial charge is 0.259 e. The number of rotatable bonds is 2. The van der Waals surface area contributed by atoms with Gasteiger partial charge in [-0.3, -0.25) is 9.59 Å². The molecule has 0 bridgehead atoms. The molecule has 3 heterocycles. The molecule has 0 radical (unpaired) electrons. The fraction of sp³-hybridized carbons (Fsp3) is 0.381. The van der Waals surface area contributed by atoms with Gasteiger partial charge in [0.15, 0.2) is 0 Å². The van der Waals surface area contributed by atoms with Crippen molar-refractivity contribution in [3.8, 4) is 0 Å². The molecule has 1 aromatic carbocycles. The van der Waals surface area contributed by atoms with Crippen molar-refractivity contribution in [1.82, 2.24) is 14.6 Å². The first-order valence-electron chi connectivity index (χ1n) is 9.22. The van der Waals surface area contributed by atoms with Crippen LogP contribution in [-0.2, 0) is 7.05 Å². The lowest BCUT2D eigenvalue weighted by Crippen LogP contribution is -2.34. The molecule has 1 saturated heterocycles. The summed E-state index contributed by atoms with van der Waals surface area (Å²) in [4.78, 5) is 28.2. The first-order valence-corrected chi connectivity index (χ1v) is 9.22. The predicted octanol–water partition coefficient (Wildman–Crippen LogP) is 3.43. The summed E-state index contributed by atoms with van der Waals surface area (Å²) in [7, 11) is 1.86. The molecule has 3 aromatic rings. The van der Waals surface area contributed by atoms with E-state index in [0.717, 1.165) is 40.9 Å². The number of aromatic nitrogens is 2. The fourth-order valence-corrected chi connectivity index (χ4v) is 4.19. The lowest BCUT2D eigenvalue weighted by Gasteiger charge is -2.25. The summed E-state index contributed by atoms with van der Waals surface area (Å²) in [6.07, 6.45) is 3.40. The number of nitrogens with zero attached hydrogens (tertiary/aromatic N) is 3. The van der Waals surface area contributed by atoms with Gasteiger partial charge in [0.25, 0.3) is 5.91 Å². The van der Waals surface area contributed by atoms with E-state index in [4.69, 9.17) is 4.52 Å². The van der Waals surface area contributed by atoms with Gasteiger partial charge < -0.3 is 14.0 Å². The van der Waals surface area contributed by atoms with Gasteiger partial charge in [-0.05, 0) is 45.7 Å². The molecule has 27 heavy (non-hydrogen) atoms. The normalized spacial score (nSPS) is 17.0. The van der Waals surface area contributed by atoms with E-state index in [1.807, 2.05) is 50.6 Å². The number of aryl methyl sites for hydroxylation is 4. The maximum Gasteiger partial charge on any atom is 0.259 e. The van der Waals surface area contributed by atoms with Crippen molar-refractivity contribution < 1.29 is 9.32 Å². The van der Waals surface area contributed by atoms with Crippen molar-refractivity contribution in [2.45, 2.75) is 39.7 Å². The van der Waals surface area contributed by atoms with Crippen molar-refractivity contribution in [2.75, 3.05) is 6.54 Å². The van der Waals surface area contributed by atoms with Gasteiger partial charge in [-0.1, -0.05) is 16.8 Å². The molecule has 6 heteroatoms. The minimum Gasteiger partial charge on any atom is -0.361 e. The van der Waals surface area contributed by atoms with Crippen molar-refractivity contribution in [3.05, 3.63) is 62.8 Å². The molecule has 140 valence electrons. The second kappa shape index (κ2) is 6.37. The second-order valence-corrected chi connectivity index (χ2v) is 7.40. The highest BCUT2D eigenvalue weighted by atomic mass is 16.5. The topological polar surface area (TPSA) is 68.3 Å². The van der Waals surface area contributed by atoms with E-state index in [1.54, 1.807) is 11.1 Å². The Morgan fingerprint density at radius 3 is 2.74 bits per heavy atom. The molecular formula is C21H23N3O3. The SMILES string of the molecule is Cc1ccc2c(c1)c(=O)c(C(=O)N1CCC[C@@H]1c1c(C)noc1C)cn2C. The zero-order valence-corrected chi connectivity index (χ0v) is 16.1. The molecule has 4 rings (SSSR count). The average molecular weight is 365 g/mol. The Balaban J connectivity index is 1.81. The van der Waals surface area contributed by atoms with Crippen LogP contribution in [0.5, 0.6) is 0 Å². The van der Waals surface area contributed by atoms with E-state index in [-0.39, 0.29) is 22.9 Å². The fourth-order valence-electron chi connectivity index (χ4n) is 4.19. The summed E-state index contributed by atoms with van der Waals surface area (Å²) < 4.78 is 7.15. The lowest BCUT2D eigenvalue weighted by molar-refractivity contribution is 0.0733. The van der Waals surface area contributed by atoms with Crippen LogP contribution in [0.15, 0.2) is 33.7 Å². The Kier molecular flexibility index (Phi) is 4.13. The number of carbonyl (C=O) groups is 1. The van der Waals surface area contributed by atoms with Gasteiger partial charge in [-0.25, -0.2) is 0 Å². The van der Waals surface area contributed by atoms with Crippen LogP contribution in [0.4, 0.5) is 0 Å². The van der Waals surface area contributed by atoms with Gasteiger partial charge in [0.2, 0.25) is 5.43 Å². The summed E-state index contributed by atoms with van der Waals surface area (Å²) in [6.45, 7) is 6.34. The number of hydrogen-bond donors (Lipinski definition) is 0. The molecule has 0 unspecified atom stereocenters. The minimum atomic E-state index is -0.221. The first-order chi connectivity index (χ1) is 12.9. The van der Waals surface area contributed by atoms with Gasteiger partial charge in [0, 0.05) is 30.7 Å². The third-order valence-electron chi connectivity index (χ3n) is 5.51. The van der Waals surface area contributed by atoms with E-state index in [2.05, 4.69) is 5.16 Å². The zero-order valence-electron chi connectivity index (χ0n) is 16.1. The molecule has 2 aromatic heterocycles. The number of carbonyl (C=O) groups excluding carboxylic acids is 1. The van der Waals surface area contributed by atoms with Gasteiger partial charge >= 0.3 is 0 Å². The van der Waals surface area contributed by atoms with Crippen LogP contribution < -0.4 is 5.43 Å². The number of amides is 1. The Labute approximate surface area is 157 Å². The molecule has 0 saturated carbocycles. The van der Waals surface area contributed by atoms with Crippen LogP contribution in [0, 0.1) is 20.8 Å². The second-order valence-electron chi connectivity index (χ2n) is 7.40. The Morgan fingerprint density at radius 1 is 1.26 bits per heavy atom. The monoisotopic (exact) mass is 365 g/mol. The highest BCUT2D eigenvalue weighted by Gasteiger charge is 2.35. The highest BCUT2D eigenvalue weighted by Crippen LogP contribution is 2.36. The molecule has 6 nitrogen and oxygen atoms in total. The van der Waals surface area contributed by atoms with E-state index < -0.39 is 0 Å². The van der Waals surface area contributed by atoms with Crippen molar-refractivity contribution in [3.63, 3.8) is 0 Å². The third-order valence-corrected chi connectivity index (χ3v) is 5.51. The predicted molar refractivity (Wildman–Crippen MR) is 103 cm³/mol. The summed E-state index contributed by atoms with van der Waals surface area (Å²) in [5, 5.41) is 4.61. The maximum atomic E-state index is 13.3. The van der Waals surface area contributed by atoms with Crippen molar-refractivity contribution >= 4 is 16.8 Å². The minimum absolute atomic E-state index is 0.0957. The zero-order chi connectivity index (χ0) is 19.3. The van der Waals surface area contributed by atoms with E-state index in [1.165, 1.54) is 0 Å². The van der Waals surface area contributed by atoms with Crippen molar-refractivity contribution in [2.24, 2.45) is 7.05 Å². The van der Waals surface area contributed by atoms with Gasteiger partial charge in [0.1, 0.15) is 11.3 Å². The molecule has 1 aliphatic rings. The summed E-state index contributed by atoms with van der Waals surface area (Å²) >= 11 is 0. The Hall–Kier alpha value is -2.89. The van der Waals surface area contributed by atoms with Crippen LogP contribution in [-0.4, -0.2) is 27.1 Å². The standard InChI is InChI=1S/C21H23N3O3/c1-12-7-8-17-15(10-12)20(25)16(11-23(17)4)21(26)24-9-5-6-18(24)19-13(2)22-27-14(19)3/h7-8,10-11,18H,5-6,9H2,1-4H3/t18-/m1/s1. The summed E-state index contributed by atoms with van der Waals surface area (Å²) in [6, 6.07) is 5.64. The number of pyridine rings is 1.